The summed E-state index contributed by atoms with van der Waals surface area (Å²) in [4.78, 5) is 15.0. The molecule has 2 aliphatic heterocycles. The number of morpholine rings is 1. The maximum Gasteiger partial charge on any atom is 0.263 e. The molecular formula is C14H20N2O4S2. The Morgan fingerprint density at radius 1 is 1.32 bits per heavy atom. The number of nitrogens with zero attached hydrogens (tertiary/aromatic N) is 2. The highest BCUT2D eigenvalue weighted by molar-refractivity contribution is 7.88. The van der Waals surface area contributed by atoms with Gasteiger partial charge in [-0.25, -0.2) is 8.42 Å². The summed E-state index contributed by atoms with van der Waals surface area (Å²) in [5.74, 6) is 0.0274. The molecule has 8 heteroatoms. The van der Waals surface area contributed by atoms with E-state index in [1.165, 1.54) is 17.6 Å². The zero-order chi connectivity index (χ0) is 15.7. The van der Waals surface area contributed by atoms with Crippen LogP contribution in [0.2, 0.25) is 0 Å². The van der Waals surface area contributed by atoms with Gasteiger partial charge in [-0.05, 0) is 24.3 Å². The Balaban J connectivity index is 1.75. The number of hydrogen-bond donors (Lipinski definition) is 0. The van der Waals surface area contributed by atoms with Crippen molar-refractivity contribution < 1.29 is 17.9 Å². The molecule has 0 saturated carbocycles. The number of fused-ring (bicyclic) bond motifs is 1. The van der Waals surface area contributed by atoms with Gasteiger partial charge < -0.3 is 9.64 Å². The summed E-state index contributed by atoms with van der Waals surface area (Å²) in [6.45, 7) is 1.99. The fourth-order valence-electron chi connectivity index (χ4n) is 3.22. The summed E-state index contributed by atoms with van der Waals surface area (Å²) in [6, 6.07) is 3.53. The average Bonchev–Trinajstić information content (AvgIpc) is 2.92. The molecule has 3 rings (SSSR count). The van der Waals surface area contributed by atoms with Crippen molar-refractivity contribution in [2.75, 3.05) is 32.5 Å². The summed E-state index contributed by atoms with van der Waals surface area (Å²) >= 11 is 1.43. The second-order valence-electron chi connectivity index (χ2n) is 5.70. The first-order valence-corrected chi connectivity index (χ1v) is 10.1. The van der Waals surface area contributed by atoms with Crippen LogP contribution in [0.25, 0.3) is 0 Å². The highest BCUT2D eigenvalue weighted by Crippen LogP contribution is 2.26. The first-order valence-electron chi connectivity index (χ1n) is 7.38. The molecule has 3 heterocycles. The van der Waals surface area contributed by atoms with Crippen molar-refractivity contribution in [1.82, 2.24) is 9.21 Å². The quantitative estimate of drug-likeness (QED) is 0.803. The summed E-state index contributed by atoms with van der Waals surface area (Å²) in [7, 11) is -3.24. The second kappa shape index (κ2) is 6.27. The van der Waals surface area contributed by atoms with Gasteiger partial charge in [0.2, 0.25) is 10.0 Å². The van der Waals surface area contributed by atoms with E-state index in [9.17, 15) is 13.2 Å². The molecule has 0 radical (unpaired) electrons. The first-order chi connectivity index (χ1) is 10.5. The van der Waals surface area contributed by atoms with E-state index in [2.05, 4.69) is 0 Å². The molecule has 0 N–H and O–H groups in total. The van der Waals surface area contributed by atoms with E-state index < -0.39 is 10.0 Å². The maximum absolute atomic E-state index is 12.5. The number of sulfonamides is 1. The standard InChI is InChI=1S/C14H20N2O4S2/c1-22(18,19)16-8-9-20-12-5-7-15(6-4-11(12)16)14(17)13-3-2-10-21-13/h2-3,10-12H,4-9H2,1H3/t11-,12-/m1/s1. The number of ether oxygens (including phenoxy) is 1. The monoisotopic (exact) mass is 344 g/mol. The minimum Gasteiger partial charge on any atom is -0.375 e. The third-order valence-electron chi connectivity index (χ3n) is 4.27. The minimum atomic E-state index is -3.24. The van der Waals surface area contributed by atoms with Crippen LogP contribution < -0.4 is 0 Å². The summed E-state index contributed by atoms with van der Waals surface area (Å²) < 4.78 is 31.2. The minimum absolute atomic E-state index is 0.0274. The van der Waals surface area contributed by atoms with Gasteiger partial charge >= 0.3 is 0 Å². The highest BCUT2D eigenvalue weighted by Gasteiger charge is 2.39. The number of carbonyl (C=O) groups excluding carboxylic acids is 1. The van der Waals surface area contributed by atoms with Gasteiger partial charge in [-0.2, -0.15) is 4.31 Å². The largest absolute Gasteiger partial charge is 0.375 e. The predicted octanol–water partition coefficient (Wildman–Crippen LogP) is 1.01. The van der Waals surface area contributed by atoms with Crippen LogP contribution in [0.15, 0.2) is 17.5 Å². The van der Waals surface area contributed by atoms with Gasteiger partial charge in [0.25, 0.3) is 5.91 Å². The van der Waals surface area contributed by atoms with E-state index in [4.69, 9.17) is 4.74 Å². The lowest BCUT2D eigenvalue weighted by molar-refractivity contribution is -0.0406. The van der Waals surface area contributed by atoms with Gasteiger partial charge in [-0.1, -0.05) is 6.07 Å². The molecular weight excluding hydrogens is 324 g/mol. The molecule has 2 aliphatic rings. The van der Waals surface area contributed by atoms with Crippen LogP contribution in [0.5, 0.6) is 0 Å². The molecule has 2 saturated heterocycles. The molecule has 2 fully saturated rings. The van der Waals surface area contributed by atoms with E-state index in [1.807, 2.05) is 22.4 Å². The third kappa shape index (κ3) is 3.19. The van der Waals surface area contributed by atoms with Crippen molar-refractivity contribution in [3.05, 3.63) is 22.4 Å². The van der Waals surface area contributed by atoms with Crippen LogP contribution in [-0.4, -0.2) is 68.2 Å². The van der Waals surface area contributed by atoms with Crippen molar-refractivity contribution >= 4 is 27.3 Å². The molecule has 6 nitrogen and oxygen atoms in total. The van der Waals surface area contributed by atoms with E-state index in [0.29, 0.717) is 39.1 Å². The van der Waals surface area contributed by atoms with Crippen LogP contribution in [0.4, 0.5) is 0 Å². The number of rotatable bonds is 2. The summed E-state index contributed by atoms with van der Waals surface area (Å²) in [5.41, 5.74) is 0. The van der Waals surface area contributed by atoms with Gasteiger partial charge in [0.05, 0.1) is 29.9 Å². The Bertz CT molecular complexity index is 629. The third-order valence-corrected chi connectivity index (χ3v) is 6.43. The zero-order valence-electron chi connectivity index (χ0n) is 12.5. The topological polar surface area (TPSA) is 66.9 Å². The van der Waals surface area contributed by atoms with Crippen LogP contribution in [0.1, 0.15) is 22.5 Å². The van der Waals surface area contributed by atoms with Crippen molar-refractivity contribution in [2.24, 2.45) is 0 Å². The number of thiophene rings is 1. The molecule has 2 atom stereocenters. The number of amides is 1. The molecule has 122 valence electrons. The Morgan fingerprint density at radius 3 is 2.77 bits per heavy atom. The predicted molar refractivity (Wildman–Crippen MR) is 84.5 cm³/mol. The Kier molecular flexibility index (Phi) is 4.54. The fourth-order valence-corrected chi connectivity index (χ4v) is 5.05. The normalized spacial score (nSPS) is 27.2. The van der Waals surface area contributed by atoms with Gasteiger partial charge in [0, 0.05) is 19.6 Å². The van der Waals surface area contributed by atoms with Crippen LogP contribution in [0.3, 0.4) is 0 Å². The van der Waals surface area contributed by atoms with Crippen LogP contribution in [0, 0.1) is 0 Å². The smallest absolute Gasteiger partial charge is 0.263 e. The Morgan fingerprint density at radius 2 is 2.09 bits per heavy atom. The van der Waals surface area contributed by atoms with Gasteiger partial charge in [-0.15, -0.1) is 11.3 Å². The molecule has 0 spiro atoms. The fraction of sp³-hybridized carbons (Fsp3) is 0.643. The first kappa shape index (κ1) is 15.9. The molecule has 1 amide bonds. The lowest BCUT2D eigenvalue weighted by atomic mass is 10.0. The molecule has 0 aromatic carbocycles. The molecule has 0 bridgehead atoms. The van der Waals surface area contributed by atoms with E-state index in [-0.39, 0.29) is 18.1 Å². The molecule has 22 heavy (non-hydrogen) atoms. The van der Waals surface area contributed by atoms with E-state index in [0.717, 1.165) is 4.88 Å². The lowest BCUT2D eigenvalue weighted by Gasteiger charge is -2.38. The number of likely N-dealkylation sites (tertiary alicyclic amines) is 1. The van der Waals surface area contributed by atoms with E-state index in [1.54, 1.807) is 4.31 Å². The van der Waals surface area contributed by atoms with Gasteiger partial charge in [-0.3, -0.25) is 4.79 Å². The van der Waals surface area contributed by atoms with Gasteiger partial charge in [0.15, 0.2) is 0 Å². The summed E-state index contributed by atoms with van der Waals surface area (Å²) in [5, 5.41) is 1.89. The van der Waals surface area contributed by atoms with E-state index >= 15 is 0 Å². The second-order valence-corrected chi connectivity index (χ2v) is 8.58. The van der Waals surface area contributed by atoms with Gasteiger partial charge in [0.1, 0.15) is 0 Å². The molecule has 1 aromatic rings. The van der Waals surface area contributed by atoms with Crippen LogP contribution in [-0.2, 0) is 14.8 Å². The molecule has 0 unspecified atom stereocenters. The highest BCUT2D eigenvalue weighted by atomic mass is 32.2. The van der Waals surface area contributed by atoms with Crippen molar-refractivity contribution in [3.63, 3.8) is 0 Å². The van der Waals surface area contributed by atoms with Crippen LogP contribution >= 0.6 is 11.3 Å². The Labute approximate surface area is 134 Å². The number of hydrogen-bond acceptors (Lipinski definition) is 5. The summed E-state index contributed by atoms with van der Waals surface area (Å²) in [6.07, 6.45) is 2.42. The lowest BCUT2D eigenvalue weighted by Crippen LogP contribution is -2.53. The maximum atomic E-state index is 12.5. The SMILES string of the molecule is CS(=O)(=O)N1CCO[C@@H]2CCN(C(=O)c3cccs3)CC[C@H]21. The number of carbonyl (C=O) groups is 1. The molecule has 0 aliphatic carbocycles. The van der Waals surface area contributed by atoms with Crippen molar-refractivity contribution in [1.29, 1.82) is 0 Å². The Hall–Kier alpha value is -0.960. The molecule has 1 aromatic heterocycles. The average molecular weight is 344 g/mol. The van der Waals surface area contributed by atoms with Crippen molar-refractivity contribution in [2.45, 2.75) is 25.0 Å². The van der Waals surface area contributed by atoms with Crippen molar-refractivity contribution in [3.8, 4) is 0 Å². The zero-order valence-corrected chi connectivity index (χ0v) is 14.1.